The lowest BCUT2D eigenvalue weighted by Gasteiger charge is -2.50. The second-order valence-corrected chi connectivity index (χ2v) is 26.1. The average Bonchev–Trinajstić information content (AvgIpc) is 0.786. The molecule has 4 heterocycles. The molecule has 0 radical (unpaired) electrons. The molecule has 4 saturated heterocycles. The molecule has 0 aromatic rings. The van der Waals surface area contributed by atoms with Crippen molar-refractivity contribution < 1.29 is 114 Å². The minimum Gasteiger partial charge on any atom is -0.394 e. The number of aliphatic hydroxyl groups excluding tert-OH is 13. The molecule has 93 heavy (non-hydrogen) atoms. The number of aliphatic hydroxyl groups is 13. The number of amides is 2. The number of carbonyl (C=O) groups is 2. The summed E-state index contributed by atoms with van der Waals surface area (Å²) in [6, 6.07) is -2.68. The van der Waals surface area contributed by atoms with Crippen molar-refractivity contribution in [3.8, 4) is 0 Å². The van der Waals surface area contributed by atoms with Gasteiger partial charge in [-0.2, -0.15) is 0 Å². The summed E-state index contributed by atoms with van der Waals surface area (Å²) in [5.74, 6) is -1.07. The highest BCUT2D eigenvalue weighted by atomic mass is 16.8. The fourth-order valence-electron chi connectivity index (χ4n) is 12.5. The van der Waals surface area contributed by atoms with Gasteiger partial charge >= 0.3 is 0 Å². The Balaban J connectivity index is 1.32. The van der Waals surface area contributed by atoms with Crippen molar-refractivity contribution in [3.05, 3.63) is 24.3 Å². The van der Waals surface area contributed by atoms with Crippen molar-refractivity contribution in [1.29, 1.82) is 0 Å². The lowest BCUT2D eigenvalue weighted by Crippen LogP contribution is -2.69. The van der Waals surface area contributed by atoms with E-state index in [0.29, 0.717) is 12.8 Å². The Morgan fingerprint density at radius 2 is 0.806 bits per heavy atom. The summed E-state index contributed by atoms with van der Waals surface area (Å²) in [6.45, 7) is 1.59. The van der Waals surface area contributed by atoms with Gasteiger partial charge in [0.1, 0.15) is 97.6 Å². The smallest absolute Gasteiger partial charge is 0.220 e. The van der Waals surface area contributed by atoms with E-state index in [2.05, 4.69) is 36.6 Å². The van der Waals surface area contributed by atoms with Crippen molar-refractivity contribution in [3.63, 3.8) is 0 Å². The summed E-state index contributed by atoms with van der Waals surface area (Å²) in [4.78, 5) is 26.0. The second kappa shape index (κ2) is 48.3. The van der Waals surface area contributed by atoms with E-state index in [0.717, 1.165) is 51.9 Å². The van der Waals surface area contributed by atoms with Gasteiger partial charge in [-0.3, -0.25) is 9.59 Å². The number of unbranched alkanes of at least 4 members (excludes halogenated alkanes) is 28. The quantitative estimate of drug-likeness (QED) is 0.0303. The topological polar surface area (TPSA) is 395 Å². The highest BCUT2D eigenvalue weighted by Gasteiger charge is 2.56. The first kappa shape index (κ1) is 83.0. The van der Waals surface area contributed by atoms with Crippen LogP contribution in [-0.4, -0.2) is 246 Å². The van der Waals surface area contributed by atoms with Gasteiger partial charge in [-0.25, -0.2) is 0 Å². The van der Waals surface area contributed by atoms with Crippen LogP contribution in [0.2, 0.25) is 0 Å². The Kier molecular flexibility index (Phi) is 43.1. The summed E-state index contributed by atoms with van der Waals surface area (Å²) in [5.41, 5.74) is 0. The SMILES string of the molecule is CCCCCCCC/C=C\CCCCCCCCCCCCCC(=O)N[C@@H](CO[C@@H]1OC(CO)[C@@H](O[C@@H]2OC(CO)[C@H](O)[C@H](O[C@@H]3OC(CO)[C@@H](O[C@@H]4OC(CO)[C@H](O)[C@H](O)C4O)[C@H](O)C3NC(C)=O)C2O)[C@H](O)C1O)[C@H](O)/C=C/CCCCCCCCCCCCC. The van der Waals surface area contributed by atoms with Crippen LogP contribution in [0.3, 0.4) is 0 Å². The maximum Gasteiger partial charge on any atom is 0.220 e. The first-order chi connectivity index (χ1) is 45.0. The summed E-state index contributed by atoms with van der Waals surface area (Å²) < 4.78 is 46.7. The molecule has 15 N–H and O–H groups in total. The lowest BCUT2D eigenvalue weighted by molar-refractivity contribution is -0.381. The highest BCUT2D eigenvalue weighted by molar-refractivity contribution is 5.76. The molecule has 4 aliphatic rings. The van der Waals surface area contributed by atoms with E-state index in [1.165, 1.54) is 141 Å². The number of rotatable bonds is 50. The molecule has 0 spiro atoms. The predicted molar refractivity (Wildman–Crippen MR) is 345 cm³/mol. The standard InChI is InChI=1S/C68H124N2O23/c1-4-6-8-10-12-14-16-18-19-20-21-22-23-24-25-27-29-31-33-35-37-39-52(77)70-46(47(76)38-36-34-32-30-28-26-17-15-13-11-9-7-5-2)44-86-66-60(84)58(82)63(51(43-74)90-66)92-68-61(85)64(55(79)49(41-72)88-68)93-65-53(69-45(3)75)56(80)62(50(42-73)89-65)91-67-59(83)57(81)54(78)48(40-71)87-67/h18-19,36,38,46-51,53-68,71-74,76,78-85H,4-17,20-35,37,39-44H2,1-3H3,(H,69,75)(H,70,77)/b19-18-,38-36+/t46-,47+,48?,49?,50?,51?,53?,54-,55-,56+,57-,58+,59?,60?,61?,62+,63+,64-,65-,66+,67-,68-/m0/s1. The fraction of sp³-hybridized carbons (Fsp3) is 0.912. The number of ether oxygens (including phenoxy) is 8. The molecule has 0 saturated carbocycles. The fourth-order valence-corrected chi connectivity index (χ4v) is 12.5. The Morgan fingerprint density at radius 1 is 0.419 bits per heavy atom. The van der Waals surface area contributed by atoms with E-state index in [9.17, 15) is 76.0 Å². The molecular weight excluding hydrogens is 1210 g/mol. The number of carbonyl (C=O) groups excluding carboxylic acids is 2. The third kappa shape index (κ3) is 29.5. The first-order valence-corrected chi connectivity index (χ1v) is 35.6. The van der Waals surface area contributed by atoms with Crippen molar-refractivity contribution in [1.82, 2.24) is 10.6 Å². The zero-order chi connectivity index (χ0) is 67.9. The Morgan fingerprint density at radius 3 is 1.28 bits per heavy atom. The van der Waals surface area contributed by atoms with Crippen LogP contribution in [0.4, 0.5) is 0 Å². The molecule has 0 aromatic carbocycles. The molecule has 0 aromatic heterocycles. The van der Waals surface area contributed by atoms with Gasteiger partial charge in [-0.15, -0.1) is 0 Å². The van der Waals surface area contributed by atoms with Crippen LogP contribution in [0.5, 0.6) is 0 Å². The highest BCUT2D eigenvalue weighted by Crippen LogP contribution is 2.35. The second-order valence-electron chi connectivity index (χ2n) is 26.1. The van der Waals surface area contributed by atoms with Gasteiger partial charge in [0, 0.05) is 13.3 Å². The maximum atomic E-state index is 13.5. The van der Waals surface area contributed by atoms with E-state index in [1.54, 1.807) is 6.08 Å². The molecule has 4 rings (SSSR count). The van der Waals surface area contributed by atoms with Crippen LogP contribution in [0.1, 0.15) is 226 Å². The van der Waals surface area contributed by atoms with Crippen LogP contribution in [0.25, 0.3) is 0 Å². The van der Waals surface area contributed by atoms with E-state index < -0.39 is 174 Å². The zero-order valence-corrected chi connectivity index (χ0v) is 56.1. The summed E-state index contributed by atoms with van der Waals surface area (Å²) >= 11 is 0. The summed E-state index contributed by atoms with van der Waals surface area (Å²) in [6.07, 6.45) is 9.51. The zero-order valence-electron chi connectivity index (χ0n) is 56.1. The maximum absolute atomic E-state index is 13.5. The van der Waals surface area contributed by atoms with E-state index >= 15 is 0 Å². The van der Waals surface area contributed by atoms with E-state index in [4.69, 9.17) is 37.9 Å². The van der Waals surface area contributed by atoms with Gasteiger partial charge in [-0.1, -0.05) is 192 Å². The minimum atomic E-state index is -2.09. The largest absolute Gasteiger partial charge is 0.394 e. The van der Waals surface area contributed by atoms with Gasteiger partial charge in [-0.05, 0) is 44.9 Å². The normalized spacial score (nSPS) is 32.5. The van der Waals surface area contributed by atoms with E-state index in [1.807, 2.05) is 6.08 Å². The number of nitrogens with one attached hydrogen (secondary N) is 2. The number of allylic oxidation sites excluding steroid dienone is 3. The van der Waals surface area contributed by atoms with Crippen LogP contribution >= 0.6 is 0 Å². The number of hydrogen-bond donors (Lipinski definition) is 15. The van der Waals surface area contributed by atoms with Crippen molar-refractivity contribution >= 4 is 11.8 Å². The minimum absolute atomic E-state index is 0.209. The molecule has 2 amide bonds. The van der Waals surface area contributed by atoms with Crippen molar-refractivity contribution in [2.75, 3.05) is 33.0 Å². The van der Waals surface area contributed by atoms with Gasteiger partial charge in [0.25, 0.3) is 0 Å². The van der Waals surface area contributed by atoms with Gasteiger partial charge in [0.15, 0.2) is 25.2 Å². The van der Waals surface area contributed by atoms with Gasteiger partial charge in [0.05, 0.1) is 45.2 Å². The van der Waals surface area contributed by atoms with E-state index in [-0.39, 0.29) is 12.3 Å². The molecule has 22 atom stereocenters. The van der Waals surface area contributed by atoms with Gasteiger partial charge in [0.2, 0.25) is 11.8 Å². The van der Waals surface area contributed by atoms with Crippen LogP contribution in [0, 0.1) is 0 Å². The Labute approximate surface area is 552 Å². The van der Waals surface area contributed by atoms with Crippen LogP contribution < -0.4 is 10.6 Å². The molecule has 4 aliphatic heterocycles. The van der Waals surface area contributed by atoms with Crippen LogP contribution in [0.15, 0.2) is 24.3 Å². The van der Waals surface area contributed by atoms with Crippen molar-refractivity contribution in [2.45, 2.75) is 361 Å². The van der Waals surface area contributed by atoms with Crippen molar-refractivity contribution in [2.24, 2.45) is 0 Å². The Hall–Kier alpha value is -2.42. The van der Waals surface area contributed by atoms with Gasteiger partial charge < -0.3 is 115 Å². The Bertz CT molecular complexity index is 1980. The molecule has 544 valence electrons. The van der Waals surface area contributed by atoms with Crippen LogP contribution in [-0.2, 0) is 47.5 Å². The third-order valence-electron chi connectivity index (χ3n) is 18.3. The monoisotopic (exact) mass is 1340 g/mol. The third-order valence-corrected chi connectivity index (χ3v) is 18.3. The first-order valence-electron chi connectivity index (χ1n) is 35.6. The molecule has 0 aliphatic carbocycles. The molecule has 25 nitrogen and oxygen atoms in total. The predicted octanol–water partition coefficient (Wildman–Crippen LogP) is 3.90. The number of hydrogen-bond acceptors (Lipinski definition) is 23. The summed E-state index contributed by atoms with van der Waals surface area (Å²) in [5, 5.41) is 147. The lowest BCUT2D eigenvalue weighted by atomic mass is 9.94. The molecular formula is C68H124N2O23. The molecule has 25 heteroatoms. The molecule has 8 unspecified atom stereocenters. The molecule has 4 fully saturated rings. The molecule has 0 bridgehead atoms. The summed E-state index contributed by atoms with van der Waals surface area (Å²) in [7, 11) is 0. The average molecular weight is 1340 g/mol.